The minimum absolute atomic E-state index is 0.0985. The van der Waals surface area contributed by atoms with E-state index in [9.17, 15) is 13.8 Å². The highest BCUT2D eigenvalue weighted by atomic mass is 32.2. The van der Waals surface area contributed by atoms with Crippen molar-refractivity contribution in [1.82, 2.24) is 4.57 Å². The lowest BCUT2D eigenvalue weighted by Gasteiger charge is -2.03. The molecule has 0 aromatic carbocycles. The smallest absolute Gasteiger partial charge is 0.371 e. The third-order valence-electron chi connectivity index (χ3n) is 2.43. The van der Waals surface area contributed by atoms with Crippen molar-refractivity contribution in [2.75, 3.05) is 5.75 Å². The first-order valence-electron chi connectivity index (χ1n) is 5.45. The summed E-state index contributed by atoms with van der Waals surface area (Å²) >= 11 is 0. The molecule has 2 heterocycles. The molecule has 0 aliphatic heterocycles. The number of hydrogen-bond donors (Lipinski definition) is 1. The van der Waals surface area contributed by atoms with Gasteiger partial charge >= 0.3 is 5.97 Å². The van der Waals surface area contributed by atoms with Gasteiger partial charge < -0.3 is 14.1 Å². The van der Waals surface area contributed by atoms with E-state index in [1.54, 1.807) is 18.3 Å². The normalized spacial score (nSPS) is 12.2. The molecule has 1 atom stereocenters. The Morgan fingerprint density at radius 1 is 1.32 bits per heavy atom. The number of aromatic nitrogens is 1. The molecule has 2 aromatic rings. The molecule has 0 amide bonds. The average Bonchev–Trinajstić information content (AvgIpc) is 2.87. The maximum Gasteiger partial charge on any atom is 0.371 e. The molecule has 0 saturated heterocycles. The lowest BCUT2D eigenvalue weighted by Crippen LogP contribution is -2.20. The molecular formula is C12H11NO5S. The van der Waals surface area contributed by atoms with Gasteiger partial charge in [0, 0.05) is 24.6 Å². The van der Waals surface area contributed by atoms with E-state index in [0.717, 1.165) is 0 Å². The van der Waals surface area contributed by atoms with Crippen molar-refractivity contribution in [3.63, 3.8) is 0 Å². The molecule has 0 bridgehead atoms. The van der Waals surface area contributed by atoms with E-state index in [4.69, 9.17) is 9.52 Å². The van der Waals surface area contributed by atoms with Crippen molar-refractivity contribution in [2.24, 2.45) is 0 Å². The average molecular weight is 281 g/mol. The number of carbonyl (C=O) groups is 1. The highest BCUT2D eigenvalue weighted by molar-refractivity contribution is 7.84. The van der Waals surface area contributed by atoms with Crippen LogP contribution < -0.4 is 5.56 Å². The van der Waals surface area contributed by atoms with Crippen molar-refractivity contribution in [1.29, 1.82) is 0 Å². The number of pyridine rings is 1. The Bertz CT molecular complexity index is 673. The Balaban J connectivity index is 2.03. The minimum atomic E-state index is -1.48. The van der Waals surface area contributed by atoms with Gasteiger partial charge in [0.2, 0.25) is 5.76 Å². The van der Waals surface area contributed by atoms with E-state index in [1.807, 2.05) is 0 Å². The van der Waals surface area contributed by atoms with Crippen LogP contribution in [0.4, 0.5) is 0 Å². The highest BCUT2D eigenvalue weighted by Crippen LogP contribution is 2.12. The molecule has 6 nitrogen and oxygen atoms in total. The van der Waals surface area contributed by atoms with Crippen molar-refractivity contribution in [3.05, 3.63) is 52.6 Å². The zero-order chi connectivity index (χ0) is 13.8. The Hall–Kier alpha value is -2.15. The summed E-state index contributed by atoms with van der Waals surface area (Å²) in [4.78, 5) is 22.0. The molecule has 19 heavy (non-hydrogen) atoms. The van der Waals surface area contributed by atoms with Crippen molar-refractivity contribution < 1.29 is 18.5 Å². The molecule has 2 rings (SSSR count). The first-order valence-corrected chi connectivity index (χ1v) is 6.77. The number of carboxylic acid groups (broad SMARTS) is 1. The number of furan rings is 1. The Morgan fingerprint density at radius 3 is 2.74 bits per heavy atom. The second-order valence-corrected chi connectivity index (χ2v) is 5.21. The van der Waals surface area contributed by atoms with Gasteiger partial charge in [-0.3, -0.25) is 9.00 Å². The molecule has 0 spiro atoms. The Morgan fingerprint density at radius 2 is 2.11 bits per heavy atom. The predicted octanol–water partition coefficient (Wildman–Crippen LogP) is 0.947. The van der Waals surface area contributed by atoms with Crippen molar-refractivity contribution in [2.45, 2.75) is 11.6 Å². The summed E-state index contributed by atoms with van der Waals surface area (Å²) in [5, 5.41) is 8.78. The van der Waals surface area contributed by atoms with E-state index in [2.05, 4.69) is 0 Å². The van der Waals surface area contributed by atoms with Crippen LogP contribution in [0.25, 0.3) is 0 Å². The van der Waals surface area contributed by atoms with E-state index >= 15 is 0 Å². The third-order valence-corrected chi connectivity index (χ3v) is 3.65. The molecule has 0 aliphatic carbocycles. The first-order chi connectivity index (χ1) is 9.08. The fourth-order valence-electron chi connectivity index (χ4n) is 1.48. The van der Waals surface area contributed by atoms with E-state index in [-0.39, 0.29) is 28.7 Å². The lowest BCUT2D eigenvalue weighted by atomic mass is 10.5. The maximum atomic E-state index is 11.9. The third kappa shape index (κ3) is 3.19. The standard InChI is InChI=1S/C12H11NO5S/c14-10-3-1-2-6-13(10)7-8-19(17)11-5-4-9(18-11)12(15)16/h1-6H,7-8H2,(H,15,16). The van der Waals surface area contributed by atoms with Crippen LogP contribution in [0.2, 0.25) is 0 Å². The second-order valence-electron chi connectivity index (χ2n) is 3.71. The number of hydrogen-bond acceptors (Lipinski definition) is 4. The Kier molecular flexibility index (Phi) is 3.96. The maximum absolute atomic E-state index is 11.9. The number of carboxylic acids is 1. The topological polar surface area (TPSA) is 89.5 Å². The van der Waals surface area contributed by atoms with Gasteiger partial charge in [0.05, 0.1) is 10.8 Å². The SMILES string of the molecule is O=C(O)c1ccc(S(=O)CCn2ccccc2=O)o1. The number of nitrogens with zero attached hydrogens (tertiary/aromatic N) is 1. The number of aryl methyl sites for hydroxylation is 1. The van der Waals surface area contributed by atoms with Crippen LogP contribution in [0.5, 0.6) is 0 Å². The summed E-state index contributed by atoms with van der Waals surface area (Å²) in [7, 11) is -1.48. The molecule has 0 saturated carbocycles. The summed E-state index contributed by atoms with van der Waals surface area (Å²) in [6.45, 7) is 0.273. The van der Waals surface area contributed by atoms with Gasteiger partial charge in [0.1, 0.15) is 0 Å². The lowest BCUT2D eigenvalue weighted by molar-refractivity contribution is 0.0656. The quantitative estimate of drug-likeness (QED) is 0.881. The van der Waals surface area contributed by atoms with E-state index < -0.39 is 16.8 Å². The minimum Gasteiger partial charge on any atom is -0.475 e. The molecule has 2 aromatic heterocycles. The van der Waals surface area contributed by atoms with E-state index in [1.165, 1.54) is 22.8 Å². The zero-order valence-electron chi connectivity index (χ0n) is 9.81. The molecule has 100 valence electrons. The van der Waals surface area contributed by atoms with Crippen LogP contribution in [-0.4, -0.2) is 25.6 Å². The molecular weight excluding hydrogens is 270 g/mol. The summed E-state index contributed by atoms with van der Waals surface area (Å²) in [6, 6.07) is 7.37. The van der Waals surface area contributed by atoms with Crippen LogP contribution >= 0.6 is 0 Å². The van der Waals surface area contributed by atoms with Gasteiger partial charge in [-0.2, -0.15) is 0 Å². The number of aromatic carboxylic acids is 1. The molecule has 7 heteroatoms. The van der Waals surface area contributed by atoms with Crippen LogP contribution in [0, 0.1) is 0 Å². The van der Waals surface area contributed by atoms with Crippen LogP contribution in [0.1, 0.15) is 10.6 Å². The summed E-state index contributed by atoms with van der Waals surface area (Å²) in [6.07, 6.45) is 1.60. The monoisotopic (exact) mass is 281 g/mol. The van der Waals surface area contributed by atoms with Gasteiger partial charge in [-0.1, -0.05) is 6.07 Å². The molecule has 0 fully saturated rings. The van der Waals surface area contributed by atoms with Gasteiger partial charge in [-0.05, 0) is 18.2 Å². The highest BCUT2D eigenvalue weighted by Gasteiger charge is 2.13. The van der Waals surface area contributed by atoms with Gasteiger partial charge in [0.25, 0.3) is 5.56 Å². The molecule has 0 aliphatic rings. The van der Waals surface area contributed by atoms with Gasteiger partial charge in [-0.25, -0.2) is 4.79 Å². The summed E-state index contributed by atoms with van der Waals surface area (Å²) < 4.78 is 18.2. The fourth-order valence-corrected chi connectivity index (χ4v) is 2.45. The van der Waals surface area contributed by atoms with Crippen molar-refractivity contribution in [3.8, 4) is 0 Å². The van der Waals surface area contributed by atoms with E-state index in [0.29, 0.717) is 0 Å². The van der Waals surface area contributed by atoms with Crippen molar-refractivity contribution >= 4 is 16.8 Å². The van der Waals surface area contributed by atoms with Crippen LogP contribution in [0.3, 0.4) is 0 Å². The largest absolute Gasteiger partial charge is 0.475 e. The van der Waals surface area contributed by atoms with Crippen LogP contribution in [-0.2, 0) is 17.3 Å². The van der Waals surface area contributed by atoms with Crippen LogP contribution in [0.15, 0.2) is 50.8 Å². The molecule has 0 radical (unpaired) electrons. The van der Waals surface area contributed by atoms with Gasteiger partial charge in [-0.15, -0.1) is 0 Å². The first kappa shape index (κ1) is 13.3. The summed E-state index contributed by atoms with van der Waals surface area (Å²) in [5.74, 6) is -1.28. The Labute approximate surface area is 110 Å². The predicted molar refractivity (Wildman–Crippen MR) is 67.6 cm³/mol. The molecule has 1 unspecified atom stereocenters. The second kappa shape index (κ2) is 5.66. The van der Waals surface area contributed by atoms with Gasteiger partial charge in [0.15, 0.2) is 5.09 Å². The zero-order valence-corrected chi connectivity index (χ0v) is 10.6. The number of rotatable bonds is 5. The fraction of sp³-hybridized carbons (Fsp3) is 0.167. The summed E-state index contributed by atoms with van der Waals surface area (Å²) in [5.41, 5.74) is -0.176. The molecule has 1 N–H and O–H groups in total.